The number of amides is 2. The normalized spacial score (nSPS) is 19.4. The van der Waals surface area contributed by atoms with Gasteiger partial charge in [-0.1, -0.05) is 19.1 Å². The number of nitrogens with one attached hydrogen (secondary N) is 1. The fourth-order valence-corrected chi connectivity index (χ4v) is 4.43. The first-order valence-electron chi connectivity index (χ1n) is 9.83. The molecule has 0 bridgehead atoms. The number of rotatable bonds is 6. The van der Waals surface area contributed by atoms with Crippen molar-refractivity contribution in [2.45, 2.75) is 31.2 Å². The van der Waals surface area contributed by atoms with E-state index < -0.39 is 0 Å². The van der Waals surface area contributed by atoms with E-state index in [2.05, 4.69) is 28.1 Å². The number of hydrogen-bond acceptors (Lipinski definition) is 5. The molecule has 2 heterocycles. The van der Waals surface area contributed by atoms with E-state index >= 15 is 0 Å². The fourth-order valence-electron chi connectivity index (χ4n) is 3.44. The summed E-state index contributed by atoms with van der Waals surface area (Å²) in [5, 5.41) is 3.02. The predicted octanol–water partition coefficient (Wildman–Crippen LogP) is 1.66. The fraction of sp³-hybridized carbons (Fsp3) is 0.600. The number of carbonyl (C=O) groups excluding carboxylic acids is 2. The van der Waals surface area contributed by atoms with Crippen LogP contribution < -0.4 is 10.2 Å². The van der Waals surface area contributed by atoms with Gasteiger partial charge in [0.05, 0.1) is 18.8 Å². The summed E-state index contributed by atoms with van der Waals surface area (Å²) in [6.07, 6.45) is 0.944. The summed E-state index contributed by atoms with van der Waals surface area (Å²) in [7, 11) is 0. The molecule has 3 rings (SSSR count). The molecule has 0 radical (unpaired) electrons. The number of hydrogen-bond donors (Lipinski definition) is 1. The number of benzene rings is 1. The van der Waals surface area contributed by atoms with Gasteiger partial charge in [0.1, 0.15) is 0 Å². The molecule has 0 aliphatic carbocycles. The van der Waals surface area contributed by atoms with Crippen LogP contribution in [0.2, 0.25) is 0 Å². The molecule has 1 saturated heterocycles. The largest absolute Gasteiger partial charge is 0.353 e. The van der Waals surface area contributed by atoms with Gasteiger partial charge in [-0.15, -0.1) is 11.8 Å². The van der Waals surface area contributed by atoms with E-state index in [1.807, 2.05) is 41.8 Å². The van der Waals surface area contributed by atoms with Crippen LogP contribution in [0.25, 0.3) is 0 Å². The van der Waals surface area contributed by atoms with Crippen LogP contribution in [0.1, 0.15) is 20.3 Å². The number of carbonyl (C=O) groups is 2. The molecule has 1 aromatic rings. The third-order valence-electron chi connectivity index (χ3n) is 5.24. The minimum Gasteiger partial charge on any atom is -0.353 e. The van der Waals surface area contributed by atoms with E-state index in [4.69, 9.17) is 0 Å². The van der Waals surface area contributed by atoms with Gasteiger partial charge in [-0.25, -0.2) is 0 Å². The number of para-hydroxylation sites is 1. The van der Waals surface area contributed by atoms with Crippen molar-refractivity contribution in [2.75, 3.05) is 56.5 Å². The van der Waals surface area contributed by atoms with Gasteiger partial charge >= 0.3 is 0 Å². The van der Waals surface area contributed by atoms with Gasteiger partial charge in [0.2, 0.25) is 11.8 Å². The lowest BCUT2D eigenvalue weighted by Gasteiger charge is -2.36. The molecule has 7 heteroatoms. The summed E-state index contributed by atoms with van der Waals surface area (Å²) in [6, 6.07) is 8.36. The molecule has 1 unspecified atom stereocenters. The highest BCUT2D eigenvalue weighted by Gasteiger charge is 2.26. The van der Waals surface area contributed by atoms with Crippen LogP contribution in [0.5, 0.6) is 0 Å². The lowest BCUT2D eigenvalue weighted by molar-refractivity contribution is -0.124. The van der Waals surface area contributed by atoms with Gasteiger partial charge in [0.25, 0.3) is 0 Å². The maximum Gasteiger partial charge on any atom is 0.241 e. The molecule has 0 saturated carbocycles. The maximum absolute atomic E-state index is 12.8. The summed E-state index contributed by atoms with van der Waals surface area (Å²) >= 11 is 1.82. The maximum atomic E-state index is 12.8. The molecule has 148 valence electrons. The summed E-state index contributed by atoms with van der Waals surface area (Å²) in [6.45, 7) is 9.07. The molecule has 1 atom stereocenters. The van der Waals surface area contributed by atoms with Gasteiger partial charge in [0.15, 0.2) is 0 Å². The molecule has 27 heavy (non-hydrogen) atoms. The Morgan fingerprint density at radius 1 is 1.07 bits per heavy atom. The number of fused-ring (bicyclic) bond motifs is 1. The Kier molecular flexibility index (Phi) is 7.15. The first-order valence-corrected chi connectivity index (χ1v) is 10.8. The third-order valence-corrected chi connectivity index (χ3v) is 6.28. The van der Waals surface area contributed by atoms with Crippen LogP contribution in [0, 0.1) is 0 Å². The van der Waals surface area contributed by atoms with Gasteiger partial charge in [-0.2, -0.15) is 0 Å². The van der Waals surface area contributed by atoms with Gasteiger partial charge < -0.3 is 10.2 Å². The van der Waals surface area contributed by atoms with Gasteiger partial charge in [0, 0.05) is 49.4 Å². The standard InChI is InChI=1S/C20H30N4O2S/c1-3-16(2)21-19(25)14-22-8-10-23(11-9-22)15-20(26)24-12-13-27-18-7-5-4-6-17(18)24/h4-7,16H,3,8-15H2,1-2H3,(H,21,25). The molecule has 0 aromatic heterocycles. The number of nitrogens with zero attached hydrogens (tertiary/aromatic N) is 3. The van der Waals surface area contributed by atoms with Crippen molar-refractivity contribution in [3.05, 3.63) is 24.3 Å². The van der Waals surface area contributed by atoms with Crippen molar-refractivity contribution in [3.63, 3.8) is 0 Å². The third kappa shape index (κ3) is 5.46. The topological polar surface area (TPSA) is 55.9 Å². The lowest BCUT2D eigenvalue weighted by Crippen LogP contribution is -2.52. The Morgan fingerprint density at radius 3 is 2.44 bits per heavy atom. The SMILES string of the molecule is CCC(C)NC(=O)CN1CCN(CC(=O)N2CCSc3ccccc32)CC1. The average molecular weight is 391 g/mol. The van der Waals surface area contributed by atoms with E-state index in [9.17, 15) is 9.59 Å². The molecule has 1 aromatic carbocycles. The molecular weight excluding hydrogens is 360 g/mol. The Labute approximate surface area is 166 Å². The van der Waals surface area contributed by atoms with Crippen molar-refractivity contribution in [3.8, 4) is 0 Å². The Morgan fingerprint density at radius 2 is 1.74 bits per heavy atom. The van der Waals surface area contributed by atoms with Crippen LogP contribution in [0.3, 0.4) is 0 Å². The van der Waals surface area contributed by atoms with Gasteiger partial charge in [-0.05, 0) is 25.5 Å². The van der Waals surface area contributed by atoms with E-state index in [0.29, 0.717) is 13.1 Å². The van der Waals surface area contributed by atoms with Crippen molar-refractivity contribution < 1.29 is 9.59 Å². The Bertz CT molecular complexity index is 661. The van der Waals surface area contributed by atoms with Gasteiger partial charge in [-0.3, -0.25) is 19.4 Å². The van der Waals surface area contributed by atoms with Crippen molar-refractivity contribution >= 4 is 29.3 Å². The number of thioether (sulfide) groups is 1. The van der Waals surface area contributed by atoms with E-state index in [1.54, 1.807) is 0 Å². The zero-order valence-electron chi connectivity index (χ0n) is 16.3. The van der Waals surface area contributed by atoms with Crippen LogP contribution in [0.15, 0.2) is 29.2 Å². The molecule has 1 fully saturated rings. The molecule has 0 spiro atoms. The molecular formula is C20H30N4O2S. The highest BCUT2D eigenvalue weighted by atomic mass is 32.2. The van der Waals surface area contributed by atoms with E-state index in [1.165, 1.54) is 4.90 Å². The number of anilines is 1. The smallest absolute Gasteiger partial charge is 0.241 e. The second-order valence-electron chi connectivity index (χ2n) is 7.29. The Balaban J connectivity index is 1.46. The zero-order valence-corrected chi connectivity index (χ0v) is 17.1. The minimum absolute atomic E-state index is 0.0938. The van der Waals surface area contributed by atoms with Crippen molar-refractivity contribution in [1.82, 2.24) is 15.1 Å². The second-order valence-corrected chi connectivity index (χ2v) is 8.43. The van der Waals surface area contributed by atoms with E-state index in [-0.39, 0.29) is 17.9 Å². The summed E-state index contributed by atoms with van der Waals surface area (Å²) < 4.78 is 0. The lowest BCUT2D eigenvalue weighted by atomic mass is 10.2. The second kappa shape index (κ2) is 9.57. The first-order chi connectivity index (χ1) is 13.1. The average Bonchev–Trinajstić information content (AvgIpc) is 2.68. The molecule has 6 nitrogen and oxygen atoms in total. The highest BCUT2D eigenvalue weighted by molar-refractivity contribution is 7.99. The molecule has 2 amide bonds. The molecule has 1 N–H and O–H groups in total. The van der Waals surface area contributed by atoms with Crippen molar-refractivity contribution in [1.29, 1.82) is 0 Å². The van der Waals surface area contributed by atoms with Crippen LogP contribution >= 0.6 is 11.8 Å². The monoisotopic (exact) mass is 390 g/mol. The van der Waals surface area contributed by atoms with Crippen LogP contribution in [-0.4, -0.2) is 79.2 Å². The predicted molar refractivity (Wildman–Crippen MR) is 110 cm³/mol. The van der Waals surface area contributed by atoms with Crippen LogP contribution in [-0.2, 0) is 9.59 Å². The highest BCUT2D eigenvalue weighted by Crippen LogP contribution is 2.34. The Hall–Kier alpha value is -1.57. The quantitative estimate of drug-likeness (QED) is 0.801. The molecule has 2 aliphatic heterocycles. The van der Waals surface area contributed by atoms with Crippen molar-refractivity contribution in [2.24, 2.45) is 0 Å². The van der Waals surface area contributed by atoms with E-state index in [0.717, 1.165) is 50.6 Å². The summed E-state index contributed by atoms with van der Waals surface area (Å²) in [5.74, 6) is 1.21. The summed E-state index contributed by atoms with van der Waals surface area (Å²) in [5.41, 5.74) is 1.04. The first kappa shape index (κ1) is 20.2. The molecule has 2 aliphatic rings. The summed E-state index contributed by atoms with van der Waals surface area (Å²) in [4.78, 5) is 32.4. The zero-order chi connectivity index (χ0) is 19.2. The number of piperazine rings is 1. The van der Waals surface area contributed by atoms with Crippen LogP contribution in [0.4, 0.5) is 5.69 Å². The minimum atomic E-state index is 0.0938.